The Labute approximate surface area is 103 Å². The molecule has 0 saturated carbocycles. The molecule has 1 atom stereocenters. The van der Waals surface area contributed by atoms with E-state index in [9.17, 15) is 17.6 Å². The molecule has 1 aromatic rings. The number of nitrogens with one attached hydrogen (secondary N) is 2. The first-order chi connectivity index (χ1) is 8.40. The lowest BCUT2D eigenvalue weighted by molar-refractivity contribution is -0.119. The van der Waals surface area contributed by atoms with E-state index in [2.05, 4.69) is 10.0 Å². The SMILES string of the molecule is Nc1cccc(F)c1S(=O)(=O)NC1CNC(=O)C1. The number of benzene rings is 1. The van der Waals surface area contributed by atoms with E-state index >= 15 is 0 Å². The highest BCUT2D eigenvalue weighted by atomic mass is 32.2. The van der Waals surface area contributed by atoms with Crippen LogP contribution in [0.3, 0.4) is 0 Å². The smallest absolute Gasteiger partial charge is 0.245 e. The molecule has 18 heavy (non-hydrogen) atoms. The van der Waals surface area contributed by atoms with Gasteiger partial charge in [0.2, 0.25) is 15.9 Å². The van der Waals surface area contributed by atoms with Gasteiger partial charge in [-0.3, -0.25) is 4.79 Å². The molecule has 0 radical (unpaired) electrons. The van der Waals surface area contributed by atoms with E-state index in [0.717, 1.165) is 6.07 Å². The van der Waals surface area contributed by atoms with Crippen LogP contribution in [-0.4, -0.2) is 26.9 Å². The van der Waals surface area contributed by atoms with E-state index in [4.69, 9.17) is 5.73 Å². The molecular formula is C10H12FN3O3S. The first-order valence-corrected chi connectivity index (χ1v) is 6.71. The molecule has 1 aromatic carbocycles. The van der Waals surface area contributed by atoms with Crippen LogP contribution in [0, 0.1) is 5.82 Å². The molecule has 98 valence electrons. The van der Waals surface area contributed by atoms with E-state index in [-0.39, 0.29) is 24.6 Å². The number of nitrogen functional groups attached to an aromatic ring is 1. The molecule has 0 bridgehead atoms. The molecule has 1 heterocycles. The van der Waals surface area contributed by atoms with E-state index < -0.39 is 26.8 Å². The van der Waals surface area contributed by atoms with E-state index in [1.807, 2.05) is 0 Å². The minimum Gasteiger partial charge on any atom is -0.398 e. The molecule has 8 heteroatoms. The van der Waals surface area contributed by atoms with Crippen molar-refractivity contribution in [3.63, 3.8) is 0 Å². The molecule has 0 spiro atoms. The Morgan fingerprint density at radius 2 is 2.17 bits per heavy atom. The molecule has 0 aromatic heterocycles. The van der Waals surface area contributed by atoms with Crippen molar-refractivity contribution in [2.24, 2.45) is 0 Å². The highest BCUT2D eigenvalue weighted by Gasteiger charge is 2.29. The van der Waals surface area contributed by atoms with E-state index in [1.54, 1.807) is 0 Å². The zero-order valence-corrected chi connectivity index (χ0v) is 10.1. The first kappa shape index (κ1) is 12.8. The summed E-state index contributed by atoms with van der Waals surface area (Å²) in [6.45, 7) is 0.187. The van der Waals surface area contributed by atoms with Gasteiger partial charge in [-0.2, -0.15) is 0 Å². The molecule has 1 fully saturated rings. The molecular weight excluding hydrogens is 261 g/mol. The van der Waals surface area contributed by atoms with Crippen LogP contribution in [0.4, 0.5) is 10.1 Å². The number of sulfonamides is 1. The Hall–Kier alpha value is -1.67. The average Bonchev–Trinajstić information content (AvgIpc) is 2.62. The van der Waals surface area contributed by atoms with Crippen LogP contribution in [0.15, 0.2) is 23.1 Å². The van der Waals surface area contributed by atoms with Crippen LogP contribution in [0.1, 0.15) is 6.42 Å². The van der Waals surface area contributed by atoms with Crippen molar-refractivity contribution >= 4 is 21.6 Å². The number of carbonyl (C=O) groups excluding carboxylic acids is 1. The van der Waals surface area contributed by atoms with Gasteiger partial charge in [0.15, 0.2) is 0 Å². The van der Waals surface area contributed by atoms with Crippen LogP contribution in [0.5, 0.6) is 0 Å². The van der Waals surface area contributed by atoms with Crippen molar-refractivity contribution in [3.8, 4) is 0 Å². The Morgan fingerprint density at radius 3 is 2.72 bits per heavy atom. The number of halogens is 1. The quantitative estimate of drug-likeness (QED) is 0.651. The van der Waals surface area contributed by atoms with Gasteiger partial charge in [0.05, 0.1) is 5.69 Å². The van der Waals surface area contributed by atoms with Gasteiger partial charge in [-0.1, -0.05) is 6.07 Å². The van der Waals surface area contributed by atoms with Gasteiger partial charge in [0.25, 0.3) is 0 Å². The van der Waals surface area contributed by atoms with Crippen molar-refractivity contribution in [1.29, 1.82) is 0 Å². The lowest BCUT2D eigenvalue weighted by Gasteiger charge is -2.13. The normalized spacial score (nSPS) is 19.8. The fourth-order valence-electron chi connectivity index (χ4n) is 1.78. The monoisotopic (exact) mass is 273 g/mol. The second-order valence-electron chi connectivity index (χ2n) is 3.98. The number of rotatable bonds is 3. The van der Waals surface area contributed by atoms with Gasteiger partial charge in [-0.25, -0.2) is 17.5 Å². The summed E-state index contributed by atoms with van der Waals surface area (Å²) >= 11 is 0. The minimum absolute atomic E-state index is 0.0353. The lowest BCUT2D eigenvalue weighted by Crippen LogP contribution is -2.36. The van der Waals surface area contributed by atoms with Crippen LogP contribution < -0.4 is 15.8 Å². The van der Waals surface area contributed by atoms with Crippen LogP contribution >= 0.6 is 0 Å². The molecule has 1 aliphatic rings. The number of amides is 1. The average molecular weight is 273 g/mol. The fraction of sp³-hybridized carbons (Fsp3) is 0.300. The number of nitrogens with two attached hydrogens (primary N) is 1. The van der Waals surface area contributed by atoms with Gasteiger partial charge >= 0.3 is 0 Å². The Bertz CT molecular complexity index is 568. The largest absolute Gasteiger partial charge is 0.398 e. The molecule has 4 N–H and O–H groups in total. The third-order valence-corrected chi connectivity index (χ3v) is 4.18. The minimum atomic E-state index is -4.07. The third kappa shape index (κ3) is 2.44. The summed E-state index contributed by atoms with van der Waals surface area (Å²) in [6.07, 6.45) is 0.0353. The highest BCUT2D eigenvalue weighted by molar-refractivity contribution is 7.89. The zero-order chi connectivity index (χ0) is 13.3. The summed E-state index contributed by atoms with van der Waals surface area (Å²) in [5, 5.41) is 2.48. The van der Waals surface area contributed by atoms with Crippen molar-refractivity contribution in [2.45, 2.75) is 17.4 Å². The van der Waals surface area contributed by atoms with Gasteiger partial charge in [0.1, 0.15) is 10.7 Å². The number of anilines is 1. The molecule has 6 nitrogen and oxygen atoms in total. The van der Waals surface area contributed by atoms with Gasteiger partial charge in [0, 0.05) is 19.0 Å². The second-order valence-corrected chi connectivity index (χ2v) is 5.64. The predicted octanol–water partition coefficient (Wildman–Crippen LogP) is -0.425. The van der Waals surface area contributed by atoms with Gasteiger partial charge in [-0.15, -0.1) is 0 Å². The van der Waals surface area contributed by atoms with Crippen molar-refractivity contribution in [1.82, 2.24) is 10.0 Å². The summed E-state index contributed by atoms with van der Waals surface area (Å²) in [5.74, 6) is -1.16. The topological polar surface area (TPSA) is 101 Å². The van der Waals surface area contributed by atoms with E-state index in [0.29, 0.717) is 0 Å². The molecule has 0 aliphatic carbocycles. The Kier molecular flexibility index (Phi) is 3.22. The molecule has 1 unspecified atom stereocenters. The Balaban J connectivity index is 2.28. The number of carbonyl (C=O) groups is 1. The first-order valence-electron chi connectivity index (χ1n) is 5.23. The van der Waals surface area contributed by atoms with Crippen molar-refractivity contribution in [3.05, 3.63) is 24.0 Å². The molecule has 1 amide bonds. The van der Waals surface area contributed by atoms with Gasteiger partial charge < -0.3 is 11.1 Å². The van der Waals surface area contributed by atoms with Crippen molar-refractivity contribution < 1.29 is 17.6 Å². The summed E-state index contributed by atoms with van der Waals surface area (Å²) in [7, 11) is -4.07. The standard InChI is InChI=1S/C10H12FN3O3S/c11-7-2-1-3-8(12)10(7)18(16,17)14-6-4-9(15)13-5-6/h1-3,6,14H,4-5,12H2,(H,13,15). The zero-order valence-electron chi connectivity index (χ0n) is 9.31. The lowest BCUT2D eigenvalue weighted by atomic mass is 10.3. The summed E-state index contributed by atoms with van der Waals surface area (Å²) in [5.41, 5.74) is 5.30. The maximum atomic E-state index is 13.5. The highest BCUT2D eigenvalue weighted by Crippen LogP contribution is 2.22. The van der Waals surface area contributed by atoms with E-state index in [1.165, 1.54) is 12.1 Å². The maximum absolute atomic E-state index is 13.5. The number of hydrogen-bond acceptors (Lipinski definition) is 4. The fourth-order valence-corrected chi connectivity index (χ4v) is 3.20. The van der Waals surface area contributed by atoms with Crippen LogP contribution in [0.2, 0.25) is 0 Å². The Morgan fingerprint density at radius 1 is 1.44 bits per heavy atom. The van der Waals surface area contributed by atoms with Crippen LogP contribution in [0.25, 0.3) is 0 Å². The predicted molar refractivity (Wildman–Crippen MR) is 62.5 cm³/mol. The summed E-state index contributed by atoms with van der Waals surface area (Å²) in [6, 6.07) is 3.06. The van der Waals surface area contributed by atoms with Crippen molar-refractivity contribution in [2.75, 3.05) is 12.3 Å². The molecule has 1 saturated heterocycles. The summed E-state index contributed by atoms with van der Waals surface area (Å²) < 4.78 is 39.7. The maximum Gasteiger partial charge on any atom is 0.245 e. The molecule has 1 aliphatic heterocycles. The molecule has 2 rings (SSSR count). The van der Waals surface area contributed by atoms with Crippen LogP contribution in [-0.2, 0) is 14.8 Å². The summed E-state index contributed by atoms with van der Waals surface area (Å²) in [4.78, 5) is 10.4. The second kappa shape index (κ2) is 4.54. The third-order valence-electron chi connectivity index (χ3n) is 2.57. The van der Waals surface area contributed by atoms with Gasteiger partial charge in [-0.05, 0) is 12.1 Å². The number of hydrogen-bond donors (Lipinski definition) is 3.